The van der Waals surface area contributed by atoms with E-state index in [4.69, 9.17) is 4.42 Å². The summed E-state index contributed by atoms with van der Waals surface area (Å²) in [5.74, 6) is 0.0422. The molecule has 1 aliphatic heterocycles. The predicted octanol–water partition coefficient (Wildman–Crippen LogP) is 2.79. The van der Waals surface area contributed by atoms with Crippen molar-refractivity contribution < 1.29 is 27.2 Å². The number of nitrogens with zero attached hydrogens (tertiary/aromatic N) is 2. The van der Waals surface area contributed by atoms with E-state index in [-0.39, 0.29) is 12.1 Å². The Morgan fingerprint density at radius 3 is 2.71 bits per heavy atom. The molecule has 3 amide bonds. The average Bonchev–Trinajstić information content (AvgIpc) is 3.05. The molecule has 9 heteroatoms. The minimum Gasteiger partial charge on any atom is -0.444 e. The van der Waals surface area contributed by atoms with Gasteiger partial charge in [0.1, 0.15) is 11.8 Å². The van der Waals surface area contributed by atoms with Crippen LogP contribution < -0.4 is 5.32 Å². The van der Waals surface area contributed by atoms with Gasteiger partial charge < -0.3 is 9.73 Å². The highest BCUT2D eigenvalue weighted by atomic mass is 19.4. The molecule has 1 N–H and O–H groups in total. The molecule has 1 atom stereocenters. The Morgan fingerprint density at radius 1 is 1.33 bits per heavy atom. The number of alkyl halides is 3. The summed E-state index contributed by atoms with van der Waals surface area (Å²) in [6.07, 6.45) is -3.15. The van der Waals surface area contributed by atoms with Crippen molar-refractivity contribution in [2.24, 2.45) is 0 Å². The highest BCUT2D eigenvalue weighted by Gasteiger charge is 2.40. The number of benzene rings is 1. The van der Waals surface area contributed by atoms with Crippen molar-refractivity contribution in [1.82, 2.24) is 15.2 Å². The van der Waals surface area contributed by atoms with Gasteiger partial charge in [-0.1, -0.05) is 12.1 Å². The molecule has 1 aromatic heterocycles. The SMILES string of the molecule is Cc1ncc(CN2C(=O)NC(c3cccc(C(F)(F)F)c3)C2=O)o1. The number of imide groups is 1. The highest BCUT2D eigenvalue weighted by Crippen LogP contribution is 2.32. The summed E-state index contributed by atoms with van der Waals surface area (Å²) in [6.45, 7) is 1.47. The van der Waals surface area contributed by atoms with Crippen molar-refractivity contribution in [3.8, 4) is 0 Å². The number of amides is 3. The van der Waals surface area contributed by atoms with Crippen molar-refractivity contribution in [3.63, 3.8) is 0 Å². The lowest BCUT2D eigenvalue weighted by Crippen LogP contribution is -2.30. The molecule has 6 nitrogen and oxygen atoms in total. The van der Waals surface area contributed by atoms with E-state index in [2.05, 4.69) is 10.3 Å². The maximum Gasteiger partial charge on any atom is 0.416 e. The average molecular weight is 339 g/mol. The van der Waals surface area contributed by atoms with Gasteiger partial charge in [-0.25, -0.2) is 9.78 Å². The molecule has 3 rings (SSSR count). The standard InChI is InChI=1S/C15H12F3N3O3/c1-8-19-6-11(24-8)7-21-13(22)12(20-14(21)23)9-3-2-4-10(5-9)15(16,17)18/h2-6,12H,7H2,1H3,(H,20,23). The Hall–Kier alpha value is -2.84. The summed E-state index contributed by atoms with van der Waals surface area (Å²) in [7, 11) is 0. The number of carbonyl (C=O) groups excluding carboxylic acids is 2. The van der Waals surface area contributed by atoms with Crippen LogP contribution in [0.5, 0.6) is 0 Å². The minimum absolute atomic E-state index is 0.0689. The van der Waals surface area contributed by atoms with Gasteiger partial charge in [0.25, 0.3) is 5.91 Å². The summed E-state index contributed by atoms with van der Waals surface area (Å²) in [5.41, 5.74) is -0.814. The summed E-state index contributed by atoms with van der Waals surface area (Å²) < 4.78 is 43.6. The van der Waals surface area contributed by atoms with Crippen LogP contribution in [0.3, 0.4) is 0 Å². The first-order chi connectivity index (χ1) is 11.3. The normalized spacial score (nSPS) is 18.2. The van der Waals surface area contributed by atoms with Crippen molar-refractivity contribution in [2.75, 3.05) is 0 Å². The predicted molar refractivity (Wildman–Crippen MR) is 74.5 cm³/mol. The number of aromatic nitrogens is 1. The third kappa shape index (κ3) is 2.97. The Labute approximate surface area is 134 Å². The quantitative estimate of drug-likeness (QED) is 0.873. The summed E-state index contributed by atoms with van der Waals surface area (Å²) in [4.78, 5) is 29.1. The summed E-state index contributed by atoms with van der Waals surface area (Å²) in [5, 5.41) is 2.38. The van der Waals surface area contributed by atoms with Crippen LogP contribution in [0.4, 0.5) is 18.0 Å². The molecule has 1 saturated heterocycles. The zero-order valence-corrected chi connectivity index (χ0v) is 12.4. The fraction of sp³-hybridized carbons (Fsp3) is 0.267. The smallest absolute Gasteiger partial charge is 0.416 e. The molecular formula is C15H12F3N3O3. The first kappa shape index (κ1) is 16.0. The van der Waals surface area contributed by atoms with Crippen molar-refractivity contribution in [3.05, 3.63) is 53.2 Å². The van der Waals surface area contributed by atoms with E-state index in [9.17, 15) is 22.8 Å². The van der Waals surface area contributed by atoms with E-state index in [0.29, 0.717) is 11.7 Å². The third-order valence-corrected chi connectivity index (χ3v) is 3.56. The zero-order chi connectivity index (χ0) is 17.5. The highest BCUT2D eigenvalue weighted by molar-refractivity contribution is 6.04. The molecular weight excluding hydrogens is 327 g/mol. The van der Waals surface area contributed by atoms with Gasteiger partial charge in [0.15, 0.2) is 5.89 Å². The molecule has 0 radical (unpaired) electrons. The number of rotatable bonds is 3. The van der Waals surface area contributed by atoms with Crippen LogP contribution in [0.2, 0.25) is 0 Å². The van der Waals surface area contributed by atoms with Crippen LogP contribution in [-0.2, 0) is 17.5 Å². The van der Waals surface area contributed by atoms with Crippen LogP contribution in [-0.4, -0.2) is 21.8 Å². The molecule has 1 aliphatic rings. The van der Waals surface area contributed by atoms with Crippen molar-refractivity contribution in [1.29, 1.82) is 0 Å². The van der Waals surface area contributed by atoms with Gasteiger partial charge in [-0.2, -0.15) is 13.2 Å². The fourth-order valence-corrected chi connectivity index (χ4v) is 2.42. The molecule has 0 spiro atoms. The third-order valence-electron chi connectivity index (χ3n) is 3.56. The molecule has 1 unspecified atom stereocenters. The number of nitrogens with one attached hydrogen (secondary N) is 1. The van der Waals surface area contributed by atoms with Gasteiger partial charge in [0.2, 0.25) is 0 Å². The van der Waals surface area contributed by atoms with E-state index in [1.807, 2.05) is 0 Å². The van der Waals surface area contributed by atoms with Gasteiger partial charge in [0.05, 0.1) is 18.3 Å². The Kier molecular flexibility index (Phi) is 3.78. The molecule has 2 heterocycles. The van der Waals surface area contributed by atoms with Crippen molar-refractivity contribution >= 4 is 11.9 Å². The first-order valence-electron chi connectivity index (χ1n) is 6.96. The molecule has 2 aromatic rings. The zero-order valence-electron chi connectivity index (χ0n) is 12.4. The lowest BCUT2D eigenvalue weighted by Gasteiger charge is -2.13. The monoisotopic (exact) mass is 339 g/mol. The fourth-order valence-electron chi connectivity index (χ4n) is 2.42. The van der Waals surface area contributed by atoms with E-state index >= 15 is 0 Å². The summed E-state index contributed by atoms with van der Waals surface area (Å²) >= 11 is 0. The summed E-state index contributed by atoms with van der Waals surface area (Å²) in [6, 6.07) is 2.45. The van der Waals surface area contributed by atoms with E-state index in [1.54, 1.807) is 6.92 Å². The Morgan fingerprint density at radius 2 is 2.08 bits per heavy atom. The van der Waals surface area contributed by atoms with Crippen LogP contribution in [0.1, 0.15) is 28.8 Å². The molecule has 0 saturated carbocycles. The van der Waals surface area contributed by atoms with Crippen LogP contribution >= 0.6 is 0 Å². The number of oxazole rings is 1. The molecule has 0 aliphatic carbocycles. The topological polar surface area (TPSA) is 75.4 Å². The van der Waals surface area contributed by atoms with Crippen molar-refractivity contribution in [2.45, 2.75) is 25.7 Å². The van der Waals surface area contributed by atoms with Crippen LogP contribution in [0, 0.1) is 6.92 Å². The number of urea groups is 1. The molecule has 0 bridgehead atoms. The van der Waals surface area contributed by atoms with Gasteiger partial charge >= 0.3 is 12.2 Å². The van der Waals surface area contributed by atoms with Gasteiger partial charge in [-0.3, -0.25) is 9.69 Å². The van der Waals surface area contributed by atoms with E-state index < -0.39 is 29.7 Å². The number of halogens is 3. The molecule has 1 aromatic carbocycles. The van der Waals surface area contributed by atoms with Gasteiger partial charge in [0, 0.05) is 6.92 Å². The minimum atomic E-state index is -4.53. The second-order valence-electron chi connectivity index (χ2n) is 5.28. The number of aryl methyl sites for hydroxylation is 1. The number of hydrogen-bond donors (Lipinski definition) is 1. The largest absolute Gasteiger partial charge is 0.444 e. The number of hydrogen-bond acceptors (Lipinski definition) is 4. The maximum atomic E-state index is 12.8. The Balaban J connectivity index is 1.83. The second-order valence-corrected chi connectivity index (χ2v) is 5.28. The van der Waals surface area contributed by atoms with E-state index in [1.165, 1.54) is 18.3 Å². The number of carbonyl (C=O) groups is 2. The molecule has 1 fully saturated rings. The Bertz CT molecular complexity index is 801. The lowest BCUT2D eigenvalue weighted by atomic mass is 10.0. The lowest BCUT2D eigenvalue weighted by molar-refractivity contribution is -0.137. The van der Waals surface area contributed by atoms with Crippen LogP contribution in [0.25, 0.3) is 0 Å². The molecule has 24 heavy (non-hydrogen) atoms. The first-order valence-corrected chi connectivity index (χ1v) is 6.96. The molecule has 126 valence electrons. The van der Waals surface area contributed by atoms with E-state index in [0.717, 1.165) is 17.0 Å². The van der Waals surface area contributed by atoms with Gasteiger partial charge in [-0.05, 0) is 17.7 Å². The second kappa shape index (κ2) is 5.66. The van der Waals surface area contributed by atoms with Crippen LogP contribution in [0.15, 0.2) is 34.9 Å². The van der Waals surface area contributed by atoms with Gasteiger partial charge in [-0.15, -0.1) is 0 Å². The maximum absolute atomic E-state index is 12.8.